The summed E-state index contributed by atoms with van der Waals surface area (Å²) in [5.41, 5.74) is -3.09. The lowest BCUT2D eigenvalue weighted by molar-refractivity contribution is 0.112. The van der Waals surface area contributed by atoms with Gasteiger partial charge in [0.25, 0.3) is 6.43 Å². The first-order valence-corrected chi connectivity index (χ1v) is 3.22. The van der Waals surface area contributed by atoms with Crippen LogP contribution in [0.5, 0.6) is 0 Å². The van der Waals surface area contributed by atoms with Crippen molar-refractivity contribution in [1.82, 2.24) is 4.98 Å². The summed E-state index contributed by atoms with van der Waals surface area (Å²) >= 11 is 0. The number of aromatic nitrogens is 1. The van der Waals surface area contributed by atoms with Crippen LogP contribution in [0.2, 0.25) is 0 Å². The number of H-pyrrole nitrogens is 1. The summed E-state index contributed by atoms with van der Waals surface area (Å²) in [5.74, 6) is -1.41. The number of carbonyl (C=O) groups is 1. The van der Waals surface area contributed by atoms with Gasteiger partial charge in [-0.05, 0) is 0 Å². The summed E-state index contributed by atoms with van der Waals surface area (Å²) in [5, 5.41) is 0. The standard InChI is InChI=1S/C7H4F3NO2/c8-6(9)4-5(13)3(2-12)1-11-7(4)10/h1-2,6H,(H,11,13). The third-order valence-corrected chi connectivity index (χ3v) is 1.44. The number of alkyl halides is 2. The molecule has 0 aromatic carbocycles. The number of halogens is 3. The van der Waals surface area contributed by atoms with E-state index in [1.807, 2.05) is 0 Å². The average molecular weight is 191 g/mol. The summed E-state index contributed by atoms with van der Waals surface area (Å²) in [6.07, 6.45) is -2.40. The molecule has 0 bridgehead atoms. The quantitative estimate of drug-likeness (QED) is 0.565. The summed E-state index contributed by atoms with van der Waals surface area (Å²) in [4.78, 5) is 22.8. The predicted molar refractivity (Wildman–Crippen MR) is 37.4 cm³/mol. The van der Waals surface area contributed by atoms with E-state index >= 15 is 0 Å². The van der Waals surface area contributed by atoms with E-state index in [4.69, 9.17) is 0 Å². The highest BCUT2D eigenvalue weighted by molar-refractivity contribution is 5.74. The smallest absolute Gasteiger partial charge is 0.271 e. The first kappa shape index (κ1) is 9.50. The second-order valence-electron chi connectivity index (χ2n) is 2.22. The molecule has 0 atom stereocenters. The Balaban J connectivity index is 3.48. The number of hydrogen-bond acceptors (Lipinski definition) is 2. The van der Waals surface area contributed by atoms with Crippen LogP contribution in [0.15, 0.2) is 11.0 Å². The monoisotopic (exact) mass is 191 g/mol. The van der Waals surface area contributed by atoms with Crippen LogP contribution in [0.1, 0.15) is 22.3 Å². The molecule has 0 saturated heterocycles. The zero-order valence-corrected chi connectivity index (χ0v) is 6.18. The largest absolute Gasteiger partial charge is 0.337 e. The molecule has 0 aliphatic rings. The van der Waals surface area contributed by atoms with E-state index in [2.05, 4.69) is 0 Å². The molecule has 0 radical (unpaired) electrons. The van der Waals surface area contributed by atoms with Gasteiger partial charge in [0.1, 0.15) is 5.56 Å². The van der Waals surface area contributed by atoms with Crippen molar-refractivity contribution in [2.24, 2.45) is 0 Å². The van der Waals surface area contributed by atoms with Crippen LogP contribution in [0.25, 0.3) is 0 Å². The van der Waals surface area contributed by atoms with Gasteiger partial charge >= 0.3 is 0 Å². The Labute approximate surface area is 70.2 Å². The molecule has 0 fully saturated rings. The van der Waals surface area contributed by atoms with E-state index in [0.717, 1.165) is 6.20 Å². The van der Waals surface area contributed by atoms with Crippen LogP contribution < -0.4 is 5.43 Å². The molecule has 0 spiro atoms. The van der Waals surface area contributed by atoms with Gasteiger partial charge in [-0.25, -0.2) is 8.78 Å². The maximum absolute atomic E-state index is 12.6. The van der Waals surface area contributed by atoms with Crippen molar-refractivity contribution in [2.75, 3.05) is 0 Å². The van der Waals surface area contributed by atoms with Gasteiger partial charge in [-0.2, -0.15) is 4.39 Å². The molecule has 1 aromatic heterocycles. The van der Waals surface area contributed by atoms with Crippen molar-refractivity contribution in [3.05, 3.63) is 33.5 Å². The van der Waals surface area contributed by atoms with Crippen molar-refractivity contribution < 1.29 is 18.0 Å². The molecule has 0 unspecified atom stereocenters. The van der Waals surface area contributed by atoms with Crippen molar-refractivity contribution in [3.8, 4) is 0 Å². The van der Waals surface area contributed by atoms with Crippen LogP contribution in [0.3, 0.4) is 0 Å². The number of aromatic amines is 1. The Morgan fingerprint density at radius 3 is 2.54 bits per heavy atom. The predicted octanol–water partition coefficient (Wildman–Crippen LogP) is 1.26. The Bertz CT molecular complexity index is 386. The average Bonchev–Trinajstić information content (AvgIpc) is 2.04. The van der Waals surface area contributed by atoms with Crippen molar-refractivity contribution in [1.29, 1.82) is 0 Å². The summed E-state index contributed by atoms with van der Waals surface area (Å²) in [6.45, 7) is 0. The maximum atomic E-state index is 12.6. The maximum Gasteiger partial charge on any atom is 0.271 e. The Morgan fingerprint density at radius 1 is 1.46 bits per heavy atom. The van der Waals surface area contributed by atoms with Crippen LogP contribution in [0.4, 0.5) is 13.2 Å². The van der Waals surface area contributed by atoms with Crippen molar-refractivity contribution >= 4 is 6.29 Å². The molecular weight excluding hydrogens is 187 g/mol. The minimum absolute atomic E-state index is 0.0875. The number of rotatable bonds is 2. The van der Waals surface area contributed by atoms with Gasteiger partial charge in [0.15, 0.2) is 6.29 Å². The lowest BCUT2D eigenvalue weighted by atomic mass is 10.2. The molecule has 0 aliphatic carbocycles. The first-order valence-electron chi connectivity index (χ1n) is 3.22. The zero-order chi connectivity index (χ0) is 10.0. The van der Waals surface area contributed by atoms with Crippen LogP contribution in [-0.4, -0.2) is 11.3 Å². The summed E-state index contributed by atoms with van der Waals surface area (Å²) < 4.78 is 36.6. The molecule has 1 rings (SSSR count). The molecule has 1 heterocycles. The van der Waals surface area contributed by atoms with Gasteiger partial charge in [-0.1, -0.05) is 0 Å². The molecule has 13 heavy (non-hydrogen) atoms. The molecule has 1 aromatic rings. The van der Waals surface area contributed by atoms with Crippen LogP contribution in [0, 0.1) is 5.95 Å². The Kier molecular flexibility index (Phi) is 2.50. The van der Waals surface area contributed by atoms with Gasteiger partial charge < -0.3 is 4.98 Å². The fraction of sp³-hybridized carbons (Fsp3) is 0.143. The van der Waals surface area contributed by atoms with E-state index in [-0.39, 0.29) is 6.29 Å². The third-order valence-electron chi connectivity index (χ3n) is 1.44. The van der Waals surface area contributed by atoms with E-state index in [9.17, 15) is 22.8 Å². The van der Waals surface area contributed by atoms with E-state index in [1.165, 1.54) is 0 Å². The zero-order valence-electron chi connectivity index (χ0n) is 6.18. The molecule has 3 nitrogen and oxygen atoms in total. The van der Waals surface area contributed by atoms with Gasteiger partial charge in [0.2, 0.25) is 11.4 Å². The highest BCUT2D eigenvalue weighted by Gasteiger charge is 2.19. The molecule has 70 valence electrons. The van der Waals surface area contributed by atoms with E-state index in [0.29, 0.717) is 0 Å². The number of hydrogen-bond donors (Lipinski definition) is 1. The van der Waals surface area contributed by atoms with Gasteiger partial charge in [-0.15, -0.1) is 0 Å². The Morgan fingerprint density at radius 2 is 2.08 bits per heavy atom. The third kappa shape index (κ3) is 1.61. The fourth-order valence-corrected chi connectivity index (χ4v) is 0.822. The summed E-state index contributed by atoms with van der Waals surface area (Å²) in [7, 11) is 0. The minimum atomic E-state index is -3.23. The Hall–Kier alpha value is -1.59. The SMILES string of the molecule is O=Cc1c[nH]c(F)c(C(F)F)c1=O. The highest BCUT2D eigenvalue weighted by atomic mass is 19.3. The molecule has 6 heteroatoms. The second kappa shape index (κ2) is 3.42. The molecular formula is C7H4F3NO2. The number of carbonyl (C=O) groups excluding carboxylic acids is 1. The number of pyridine rings is 1. The second-order valence-corrected chi connectivity index (χ2v) is 2.22. The lowest BCUT2D eigenvalue weighted by Gasteiger charge is -2.00. The fourth-order valence-electron chi connectivity index (χ4n) is 0.822. The lowest BCUT2D eigenvalue weighted by Crippen LogP contribution is -2.17. The molecule has 0 amide bonds. The van der Waals surface area contributed by atoms with Crippen molar-refractivity contribution in [2.45, 2.75) is 6.43 Å². The van der Waals surface area contributed by atoms with Gasteiger partial charge in [0, 0.05) is 6.20 Å². The molecule has 0 aliphatic heterocycles. The molecule has 0 saturated carbocycles. The van der Waals surface area contributed by atoms with E-state index in [1.54, 1.807) is 4.98 Å². The summed E-state index contributed by atoms with van der Waals surface area (Å²) in [6, 6.07) is 0. The minimum Gasteiger partial charge on any atom is -0.337 e. The number of nitrogens with one attached hydrogen (secondary N) is 1. The van der Waals surface area contributed by atoms with Crippen LogP contribution >= 0.6 is 0 Å². The van der Waals surface area contributed by atoms with Gasteiger partial charge in [0.05, 0.1) is 5.56 Å². The van der Waals surface area contributed by atoms with Crippen LogP contribution in [-0.2, 0) is 0 Å². The van der Waals surface area contributed by atoms with E-state index < -0.39 is 28.9 Å². The van der Waals surface area contributed by atoms with Crippen molar-refractivity contribution in [3.63, 3.8) is 0 Å². The normalized spacial score (nSPS) is 10.5. The first-order chi connectivity index (χ1) is 6.07. The van der Waals surface area contributed by atoms with Gasteiger partial charge in [-0.3, -0.25) is 9.59 Å². The topological polar surface area (TPSA) is 49.9 Å². The molecule has 1 N–H and O–H groups in total. The number of aldehydes is 1. The highest BCUT2D eigenvalue weighted by Crippen LogP contribution is 2.16.